The molecular formula is C20H22ClInO2. The molecule has 0 N–H and O–H groups in total. The molecule has 0 aliphatic heterocycles. The molecule has 2 aromatic carbocycles. The fraction of sp³-hybridized carbons (Fsp3) is 0.300. The Kier molecular flexibility index (Phi) is 7.57. The van der Waals surface area contributed by atoms with Gasteiger partial charge in [0.25, 0.3) is 0 Å². The van der Waals surface area contributed by atoms with Gasteiger partial charge in [0.15, 0.2) is 0 Å². The van der Waals surface area contributed by atoms with Crippen molar-refractivity contribution in [1.82, 2.24) is 0 Å². The molecule has 0 aliphatic carbocycles. The maximum atomic E-state index is 12.4. The van der Waals surface area contributed by atoms with E-state index in [4.69, 9.17) is 8.58 Å². The Hall–Kier alpha value is -1.06. The number of carbonyl (C=O) groups is 2. The second-order valence-electron chi connectivity index (χ2n) is 6.33. The van der Waals surface area contributed by atoms with Gasteiger partial charge < -0.3 is 0 Å². The maximum absolute atomic E-state index is 12.4. The molecule has 2 nitrogen and oxygen atoms in total. The van der Waals surface area contributed by atoms with Crippen molar-refractivity contribution in [2.24, 2.45) is 11.8 Å². The van der Waals surface area contributed by atoms with Gasteiger partial charge in [0.05, 0.1) is 0 Å². The van der Waals surface area contributed by atoms with E-state index in [1.807, 2.05) is 74.5 Å². The first kappa shape index (κ1) is 19.3. The number of rotatable bonds is 8. The second kappa shape index (κ2) is 9.43. The summed E-state index contributed by atoms with van der Waals surface area (Å²) < 4.78 is 1.56. The third-order valence-corrected chi connectivity index (χ3v) is 13.6. The van der Waals surface area contributed by atoms with Crippen molar-refractivity contribution >= 4 is 40.4 Å². The van der Waals surface area contributed by atoms with Crippen LogP contribution in [0.3, 0.4) is 0 Å². The summed E-state index contributed by atoms with van der Waals surface area (Å²) in [6, 6.07) is 18.7. The summed E-state index contributed by atoms with van der Waals surface area (Å²) in [7, 11) is 6.64. The van der Waals surface area contributed by atoms with Crippen LogP contribution in [0.2, 0.25) is 8.35 Å². The van der Waals surface area contributed by atoms with Gasteiger partial charge >= 0.3 is 156 Å². The van der Waals surface area contributed by atoms with Crippen molar-refractivity contribution in [3.05, 3.63) is 71.8 Å². The van der Waals surface area contributed by atoms with Crippen molar-refractivity contribution in [1.29, 1.82) is 0 Å². The molecule has 0 spiro atoms. The Labute approximate surface area is 155 Å². The van der Waals surface area contributed by atoms with Crippen LogP contribution in [0.4, 0.5) is 0 Å². The average molecular weight is 445 g/mol. The second-order valence-corrected chi connectivity index (χ2v) is 16.6. The van der Waals surface area contributed by atoms with Crippen LogP contribution < -0.4 is 0 Å². The summed E-state index contributed by atoms with van der Waals surface area (Å²) in [5.74, 6) is 0.175. The quantitative estimate of drug-likeness (QED) is 0.521. The van der Waals surface area contributed by atoms with Crippen LogP contribution in [-0.4, -0.2) is 31.8 Å². The van der Waals surface area contributed by atoms with Gasteiger partial charge in [-0.2, -0.15) is 0 Å². The van der Waals surface area contributed by atoms with Crippen LogP contribution in [0.25, 0.3) is 0 Å². The number of hydrogen-bond acceptors (Lipinski definition) is 2. The van der Waals surface area contributed by atoms with Gasteiger partial charge in [-0.1, -0.05) is 0 Å². The average Bonchev–Trinajstić information content (AvgIpc) is 2.61. The number of Topliss-reactive ketones (excluding diaryl/α,β-unsaturated/α-hetero) is 2. The van der Waals surface area contributed by atoms with Crippen molar-refractivity contribution in [2.45, 2.75) is 22.2 Å². The zero-order chi connectivity index (χ0) is 17.5. The summed E-state index contributed by atoms with van der Waals surface area (Å²) in [5.41, 5.74) is 1.49. The van der Waals surface area contributed by atoms with Gasteiger partial charge in [-0.05, 0) is 0 Å². The predicted octanol–water partition coefficient (Wildman–Crippen LogP) is 5.25. The Morgan fingerprint density at radius 2 is 1.12 bits per heavy atom. The fourth-order valence-electron chi connectivity index (χ4n) is 2.85. The van der Waals surface area contributed by atoms with E-state index in [1.165, 1.54) is 0 Å². The van der Waals surface area contributed by atoms with Crippen LogP contribution in [0.1, 0.15) is 34.6 Å². The molecule has 0 amide bonds. The Morgan fingerprint density at radius 1 is 0.792 bits per heavy atom. The number of carbonyl (C=O) groups excluding carboxylic acids is 2. The van der Waals surface area contributed by atoms with Crippen molar-refractivity contribution in [3.8, 4) is 0 Å². The van der Waals surface area contributed by atoms with Crippen LogP contribution in [-0.2, 0) is 0 Å². The van der Waals surface area contributed by atoms with E-state index < -0.39 is 20.3 Å². The topological polar surface area (TPSA) is 34.1 Å². The van der Waals surface area contributed by atoms with Gasteiger partial charge in [-0.3, -0.25) is 0 Å². The van der Waals surface area contributed by atoms with Crippen molar-refractivity contribution < 1.29 is 9.59 Å². The molecule has 0 radical (unpaired) electrons. The van der Waals surface area contributed by atoms with Gasteiger partial charge in [-0.15, -0.1) is 0 Å². The minimum absolute atomic E-state index is 0.0651. The van der Waals surface area contributed by atoms with Gasteiger partial charge in [0.1, 0.15) is 0 Å². The number of ketones is 2. The third-order valence-electron chi connectivity index (χ3n) is 4.23. The Bertz CT molecular complexity index is 613. The molecule has 124 valence electrons. The molecule has 2 aromatic rings. The minimum atomic E-state index is -2.39. The summed E-state index contributed by atoms with van der Waals surface area (Å²) >= 11 is -2.39. The normalized spacial score (nSPS) is 13.1. The van der Waals surface area contributed by atoms with Gasteiger partial charge in [0, 0.05) is 0 Å². The molecule has 0 bridgehead atoms. The predicted molar refractivity (Wildman–Crippen MR) is 101 cm³/mol. The number of hydrogen-bond donors (Lipinski definition) is 0. The molecular weight excluding hydrogens is 422 g/mol. The third kappa shape index (κ3) is 5.49. The molecule has 0 fully saturated rings. The summed E-state index contributed by atoms with van der Waals surface area (Å²) in [6.45, 7) is 3.90. The Balaban J connectivity index is 1.89. The van der Waals surface area contributed by atoms with Gasteiger partial charge in [-0.25, -0.2) is 0 Å². The summed E-state index contributed by atoms with van der Waals surface area (Å²) in [6.07, 6.45) is 0. The van der Waals surface area contributed by atoms with Crippen molar-refractivity contribution in [3.63, 3.8) is 0 Å². The zero-order valence-electron chi connectivity index (χ0n) is 14.1. The molecule has 2 unspecified atom stereocenters. The number of halogens is 1. The van der Waals surface area contributed by atoms with E-state index >= 15 is 0 Å². The summed E-state index contributed by atoms with van der Waals surface area (Å²) in [5, 5.41) is 0. The standard InChI is InChI=1S/2C10H11O.ClH.In/c2*1-8(2)10(11)9-6-4-3-5-7-9;;/h2*3-8H,1H2,2H3;1H;/q;;;+1/p-1. The first-order valence-electron chi connectivity index (χ1n) is 8.31. The van der Waals surface area contributed by atoms with E-state index in [0.717, 1.165) is 19.5 Å². The molecule has 0 saturated heterocycles. The van der Waals surface area contributed by atoms with Crippen LogP contribution in [0.15, 0.2) is 60.7 Å². The molecule has 2 rings (SSSR count). The summed E-state index contributed by atoms with van der Waals surface area (Å²) in [4.78, 5) is 24.9. The molecule has 0 saturated carbocycles. The van der Waals surface area contributed by atoms with Crippen LogP contribution in [0.5, 0.6) is 0 Å². The van der Waals surface area contributed by atoms with E-state index in [1.54, 1.807) is 0 Å². The van der Waals surface area contributed by atoms with E-state index in [0.29, 0.717) is 0 Å². The molecule has 0 aromatic heterocycles. The first-order chi connectivity index (χ1) is 11.5. The first-order valence-corrected chi connectivity index (χ1v) is 17.1. The molecule has 24 heavy (non-hydrogen) atoms. The molecule has 2 atom stereocenters. The zero-order valence-corrected chi connectivity index (χ0v) is 18.2. The van der Waals surface area contributed by atoms with Crippen molar-refractivity contribution in [2.75, 3.05) is 0 Å². The van der Waals surface area contributed by atoms with E-state index in [9.17, 15) is 9.59 Å². The van der Waals surface area contributed by atoms with Crippen LogP contribution >= 0.6 is 8.58 Å². The van der Waals surface area contributed by atoms with Gasteiger partial charge in [0.2, 0.25) is 0 Å². The number of benzene rings is 2. The van der Waals surface area contributed by atoms with E-state index in [-0.39, 0.29) is 23.4 Å². The van der Waals surface area contributed by atoms with E-state index in [2.05, 4.69) is 0 Å². The van der Waals surface area contributed by atoms with Crippen LogP contribution in [0, 0.1) is 11.8 Å². The fourth-order valence-corrected chi connectivity index (χ4v) is 12.6. The Morgan fingerprint density at radius 3 is 1.46 bits per heavy atom. The molecule has 4 heteroatoms. The molecule has 0 heterocycles. The molecule has 0 aliphatic rings. The SMILES string of the molecule is CC([CH2][In]([Cl])[CH2]C(C)C(=O)c1ccccc1)C(=O)c1ccccc1. The monoisotopic (exact) mass is 444 g/mol.